The van der Waals surface area contributed by atoms with Crippen LogP contribution in [0.25, 0.3) is 0 Å². The summed E-state index contributed by atoms with van der Waals surface area (Å²) in [6.45, 7) is 5.02. The fourth-order valence-corrected chi connectivity index (χ4v) is 1.02. The van der Waals surface area contributed by atoms with Crippen molar-refractivity contribution in [2.75, 3.05) is 20.3 Å². The Kier molecular flexibility index (Phi) is 4.65. The molecule has 3 nitrogen and oxygen atoms in total. The van der Waals surface area contributed by atoms with Crippen LogP contribution in [0.15, 0.2) is 0 Å². The van der Waals surface area contributed by atoms with Crippen LogP contribution in [0, 0.1) is 5.41 Å². The molecule has 0 fully saturated rings. The van der Waals surface area contributed by atoms with E-state index in [2.05, 4.69) is 0 Å². The Morgan fingerprint density at radius 2 is 2.09 bits per heavy atom. The molecule has 1 unspecified atom stereocenters. The molecule has 11 heavy (non-hydrogen) atoms. The van der Waals surface area contributed by atoms with Gasteiger partial charge in [-0.3, -0.25) is 0 Å². The van der Waals surface area contributed by atoms with Crippen LogP contribution in [-0.4, -0.2) is 31.5 Å². The van der Waals surface area contributed by atoms with E-state index in [0.717, 1.165) is 0 Å². The number of hydrogen-bond donors (Lipinski definition) is 2. The summed E-state index contributed by atoms with van der Waals surface area (Å²) in [5.41, 5.74) is 5.14. The number of aliphatic hydroxyl groups excluding tert-OH is 1. The summed E-state index contributed by atoms with van der Waals surface area (Å²) in [5, 5.41) is 9.55. The van der Waals surface area contributed by atoms with Gasteiger partial charge < -0.3 is 15.6 Å². The first-order valence-corrected chi connectivity index (χ1v) is 3.91. The van der Waals surface area contributed by atoms with E-state index < -0.39 is 0 Å². The predicted molar refractivity (Wildman–Crippen MR) is 45.3 cm³/mol. The highest BCUT2D eigenvalue weighted by atomic mass is 16.5. The molecule has 0 aliphatic heterocycles. The number of hydrogen-bond acceptors (Lipinski definition) is 3. The highest BCUT2D eigenvalue weighted by molar-refractivity contribution is 4.77. The third kappa shape index (κ3) is 3.70. The first kappa shape index (κ1) is 10.9. The van der Waals surface area contributed by atoms with Crippen molar-refractivity contribution in [3.63, 3.8) is 0 Å². The molecule has 0 saturated heterocycles. The van der Waals surface area contributed by atoms with E-state index in [4.69, 9.17) is 10.5 Å². The Balaban J connectivity index is 3.83. The summed E-state index contributed by atoms with van der Waals surface area (Å²) >= 11 is 0. The van der Waals surface area contributed by atoms with E-state index in [0.29, 0.717) is 19.6 Å². The summed E-state index contributed by atoms with van der Waals surface area (Å²) in [6.07, 6.45) is 0.267. The molecule has 0 aliphatic rings. The molecule has 1 atom stereocenters. The minimum absolute atomic E-state index is 0.186. The summed E-state index contributed by atoms with van der Waals surface area (Å²) < 4.78 is 4.97. The lowest BCUT2D eigenvalue weighted by Crippen LogP contribution is -2.35. The molecule has 0 radical (unpaired) electrons. The maximum Gasteiger partial charge on any atom is 0.0625 e. The molecule has 68 valence electrons. The number of aliphatic hydroxyl groups is 1. The lowest BCUT2D eigenvalue weighted by Gasteiger charge is -2.29. The van der Waals surface area contributed by atoms with Crippen molar-refractivity contribution in [1.82, 2.24) is 0 Å². The number of nitrogens with two attached hydrogens (primary N) is 1. The zero-order chi connectivity index (χ0) is 8.91. The van der Waals surface area contributed by atoms with Crippen molar-refractivity contribution in [2.24, 2.45) is 11.1 Å². The van der Waals surface area contributed by atoms with Gasteiger partial charge in [0.05, 0.1) is 12.7 Å². The second-order valence-electron chi connectivity index (χ2n) is 3.51. The van der Waals surface area contributed by atoms with Crippen molar-refractivity contribution in [2.45, 2.75) is 26.4 Å². The summed E-state index contributed by atoms with van der Waals surface area (Å²) in [5.74, 6) is 0. The van der Waals surface area contributed by atoms with Gasteiger partial charge in [-0.2, -0.15) is 0 Å². The molecule has 0 amide bonds. The van der Waals surface area contributed by atoms with Crippen LogP contribution >= 0.6 is 0 Å². The molecule has 0 aromatic rings. The maximum absolute atomic E-state index is 9.55. The van der Waals surface area contributed by atoms with Crippen LogP contribution in [0.4, 0.5) is 0 Å². The third-order valence-electron chi connectivity index (χ3n) is 1.86. The predicted octanol–water partition coefficient (Wildman–Crippen LogP) is 0.369. The molecule has 0 saturated carbocycles. The van der Waals surface area contributed by atoms with Gasteiger partial charge >= 0.3 is 0 Å². The lowest BCUT2D eigenvalue weighted by atomic mass is 9.86. The van der Waals surface area contributed by atoms with Crippen molar-refractivity contribution in [3.05, 3.63) is 0 Å². The Morgan fingerprint density at radius 1 is 1.55 bits per heavy atom. The standard InChI is InChI=1S/C8H19NO2/c1-8(2,6-11-3)7(10)4-5-9/h7,10H,4-6,9H2,1-3H3. The van der Waals surface area contributed by atoms with Crippen LogP contribution in [-0.2, 0) is 4.74 Å². The smallest absolute Gasteiger partial charge is 0.0625 e. The van der Waals surface area contributed by atoms with Gasteiger partial charge in [0.25, 0.3) is 0 Å². The molecule has 0 spiro atoms. The first-order valence-electron chi connectivity index (χ1n) is 3.91. The Morgan fingerprint density at radius 3 is 2.45 bits per heavy atom. The lowest BCUT2D eigenvalue weighted by molar-refractivity contribution is -0.0109. The second kappa shape index (κ2) is 4.70. The van der Waals surface area contributed by atoms with E-state index in [-0.39, 0.29) is 11.5 Å². The minimum Gasteiger partial charge on any atom is -0.392 e. The molecule has 3 heteroatoms. The van der Waals surface area contributed by atoms with Crippen molar-refractivity contribution in [3.8, 4) is 0 Å². The molecule has 0 aliphatic carbocycles. The molecule has 3 N–H and O–H groups in total. The Bertz CT molecular complexity index is 104. The summed E-state index contributed by atoms with van der Waals surface area (Å²) in [7, 11) is 1.64. The fourth-order valence-electron chi connectivity index (χ4n) is 1.02. The molecule has 0 rings (SSSR count). The van der Waals surface area contributed by atoms with E-state index in [1.54, 1.807) is 7.11 Å². The normalized spacial score (nSPS) is 15.0. The quantitative estimate of drug-likeness (QED) is 0.612. The van der Waals surface area contributed by atoms with Crippen LogP contribution in [0.2, 0.25) is 0 Å². The summed E-state index contributed by atoms with van der Waals surface area (Å²) in [4.78, 5) is 0. The molecular weight excluding hydrogens is 142 g/mol. The van der Waals surface area contributed by atoms with Gasteiger partial charge in [0.2, 0.25) is 0 Å². The van der Waals surface area contributed by atoms with Crippen molar-refractivity contribution >= 4 is 0 Å². The van der Waals surface area contributed by atoms with Crippen LogP contribution < -0.4 is 5.73 Å². The van der Waals surface area contributed by atoms with E-state index >= 15 is 0 Å². The highest BCUT2D eigenvalue weighted by Gasteiger charge is 2.26. The molecule has 0 aromatic heterocycles. The Hall–Kier alpha value is -0.120. The number of rotatable bonds is 5. The molecule has 0 bridgehead atoms. The average molecular weight is 161 g/mol. The first-order chi connectivity index (χ1) is 5.04. The molecule has 0 heterocycles. The van der Waals surface area contributed by atoms with Crippen molar-refractivity contribution < 1.29 is 9.84 Å². The molecule has 0 aromatic carbocycles. The minimum atomic E-state index is -0.368. The van der Waals surface area contributed by atoms with Crippen LogP contribution in [0.3, 0.4) is 0 Å². The topological polar surface area (TPSA) is 55.5 Å². The SMILES string of the molecule is COCC(C)(C)C(O)CCN. The van der Waals surface area contributed by atoms with Gasteiger partial charge in [0.15, 0.2) is 0 Å². The zero-order valence-corrected chi connectivity index (χ0v) is 7.63. The van der Waals surface area contributed by atoms with Crippen LogP contribution in [0.5, 0.6) is 0 Å². The fraction of sp³-hybridized carbons (Fsp3) is 1.00. The van der Waals surface area contributed by atoms with E-state index in [1.807, 2.05) is 13.8 Å². The van der Waals surface area contributed by atoms with Gasteiger partial charge in [-0.1, -0.05) is 13.8 Å². The van der Waals surface area contributed by atoms with Crippen molar-refractivity contribution in [1.29, 1.82) is 0 Å². The number of ether oxygens (including phenoxy) is 1. The largest absolute Gasteiger partial charge is 0.392 e. The average Bonchev–Trinajstić information content (AvgIpc) is 1.88. The van der Waals surface area contributed by atoms with Gasteiger partial charge in [0, 0.05) is 12.5 Å². The van der Waals surface area contributed by atoms with Gasteiger partial charge in [-0.05, 0) is 13.0 Å². The summed E-state index contributed by atoms with van der Waals surface area (Å²) in [6, 6.07) is 0. The Labute approximate surface area is 68.5 Å². The van der Waals surface area contributed by atoms with E-state index in [1.165, 1.54) is 0 Å². The van der Waals surface area contributed by atoms with Gasteiger partial charge in [-0.15, -0.1) is 0 Å². The van der Waals surface area contributed by atoms with E-state index in [9.17, 15) is 5.11 Å². The second-order valence-corrected chi connectivity index (χ2v) is 3.51. The van der Waals surface area contributed by atoms with Gasteiger partial charge in [0.1, 0.15) is 0 Å². The monoisotopic (exact) mass is 161 g/mol. The highest BCUT2D eigenvalue weighted by Crippen LogP contribution is 2.22. The molecular formula is C8H19NO2. The van der Waals surface area contributed by atoms with Gasteiger partial charge in [-0.25, -0.2) is 0 Å². The third-order valence-corrected chi connectivity index (χ3v) is 1.86. The zero-order valence-electron chi connectivity index (χ0n) is 7.63. The number of methoxy groups -OCH3 is 1. The maximum atomic E-state index is 9.55. The van der Waals surface area contributed by atoms with Crippen LogP contribution in [0.1, 0.15) is 20.3 Å².